The largest absolute Gasteiger partial charge is 0.326 e. The summed E-state index contributed by atoms with van der Waals surface area (Å²) in [5.74, 6) is -0.0937. The number of non-ortho nitro benzene ring substituents is 1. The van der Waals surface area contributed by atoms with E-state index in [1.807, 2.05) is 39.0 Å². The Morgan fingerprint density at radius 1 is 1.11 bits per heavy atom. The van der Waals surface area contributed by atoms with Crippen molar-refractivity contribution in [3.05, 3.63) is 64.2 Å². The quantitative estimate of drug-likeness (QED) is 0.315. The molecule has 0 saturated carbocycles. The van der Waals surface area contributed by atoms with Gasteiger partial charge in [-0.15, -0.1) is 11.8 Å². The van der Waals surface area contributed by atoms with Gasteiger partial charge >= 0.3 is 0 Å². The van der Waals surface area contributed by atoms with Gasteiger partial charge < -0.3 is 5.32 Å². The second-order valence-electron chi connectivity index (χ2n) is 7.33. The monoisotopic (exact) mass is 386 g/mol. The van der Waals surface area contributed by atoms with E-state index in [9.17, 15) is 19.7 Å². The van der Waals surface area contributed by atoms with Crippen LogP contribution in [0.4, 0.5) is 11.4 Å². The molecule has 0 bridgehead atoms. The zero-order chi connectivity index (χ0) is 20.0. The van der Waals surface area contributed by atoms with Crippen molar-refractivity contribution in [1.29, 1.82) is 0 Å². The van der Waals surface area contributed by atoms with Crippen LogP contribution in [0.3, 0.4) is 0 Å². The average molecular weight is 386 g/mol. The molecular weight excluding hydrogens is 364 g/mol. The number of nitrogens with one attached hydrogen (secondary N) is 1. The van der Waals surface area contributed by atoms with Crippen molar-refractivity contribution in [2.24, 2.45) is 5.41 Å². The molecule has 0 aliphatic heterocycles. The highest BCUT2D eigenvalue weighted by Crippen LogP contribution is 2.25. The molecule has 1 N–H and O–H groups in total. The summed E-state index contributed by atoms with van der Waals surface area (Å²) in [6, 6.07) is 13.0. The predicted octanol–water partition coefficient (Wildman–Crippen LogP) is 4.94. The highest BCUT2D eigenvalue weighted by Gasteiger charge is 2.16. The summed E-state index contributed by atoms with van der Waals surface area (Å²) in [5.41, 5.74) is 0.791. The summed E-state index contributed by atoms with van der Waals surface area (Å²) >= 11 is 1.32. The van der Waals surface area contributed by atoms with E-state index < -0.39 is 4.92 Å². The van der Waals surface area contributed by atoms with E-state index >= 15 is 0 Å². The second kappa shape index (κ2) is 8.81. The number of carbonyl (C=O) groups excluding carboxylic acids is 2. The van der Waals surface area contributed by atoms with Crippen LogP contribution in [0.15, 0.2) is 53.4 Å². The van der Waals surface area contributed by atoms with E-state index in [4.69, 9.17) is 0 Å². The number of nitro benzene ring substituents is 1. The molecule has 0 unspecified atom stereocenters. The molecule has 2 aromatic carbocycles. The van der Waals surface area contributed by atoms with E-state index in [2.05, 4.69) is 5.32 Å². The number of hydrogen-bond donors (Lipinski definition) is 1. The fourth-order valence-electron chi connectivity index (χ4n) is 2.38. The normalized spacial score (nSPS) is 11.1. The number of carbonyl (C=O) groups is 2. The number of nitro groups is 1. The lowest BCUT2D eigenvalue weighted by Crippen LogP contribution is -2.19. The number of rotatable bonds is 7. The Morgan fingerprint density at radius 3 is 2.48 bits per heavy atom. The number of ketones is 1. The van der Waals surface area contributed by atoms with Crippen molar-refractivity contribution in [3.63, 3.8) is 0 Å². The number of anilines is 1. The number of amides is 1. The Hall–Kier alpha value is -2.67. The highest BCUT2D eigenvalue weighted by atomic mass is 32.2. The number of nitrogens with zero attached hydrogens (tertiary/aromatic N) is 1. The van der Waals surface area contributed by atoms with Gasteiger partial charge in [-0.05, 0) is 23.6 Å². The fourth-order valence-corrected chi connectivity index (χ4v) is 3.23. The van der Waals surface area contributed by atoms with Gasteiger partial charge in [-0.3, -0.25) is 19.7 Å². The molecule has 2 aromatic rings. The maximum Gasteiger partial charge on any atom is 0.270 e. The molecule has 1 amide bonds. The van der Waals surface area contributed by atoms with E-state index in [1.54, 1.807) is 12.1 Å². The SMILES string of the molecule is CC(C)(C)CC(=O)Nc1cccc(SCC(=O)c2cccc([N+](=O)[O-])c2)c1. The molecule has 0 aromatic heterocycles. The Balaban J connectivity index is 1.98. The number of Topliss-reactive ketones (excluding diaryl/α,β-unsaturated/α-hetero) is 1. The van der Waals surface area contributed by atoms with Crippen molar-refractivity contribution < 1.29 is 14.5 Å². The predicted molar refractivity (Wildman–Crippen MR) is 107 cm³/mol. The van der Waals surface area contributed by atoms with Crippen molar-refractivity contribution in [3.8, 4) is 0 Å². The van der Waals surface area contributed by atoms with E-state index in [0.29, 0.717) is 17.7 Å². The Labute approximate surface area is 162 Å². The maximum atomic E-state index is 12.3. The van der Waals surface area contributed by atoms with Gasteiger partial charge in [-0.25, -0.2) is 0 Å². The van der Waals surface area contributed by atoms with Crippen LogP contribution in [0.2, 0.25) is 0 Å². The van der Waals surface area contributed by atoms with Crippen LogP contribution in [-0.4, -0.2) is 22.4 Å². The summed E-state index contributed by atoms with van der Waals surface area (Å²) in [4.78, 5) is 35.5. The van der Waals surface area contributed by atoms with Crippen molar-refractivity contribution >= 4 is 34.8 Å². The van der Waals surface area contributed by atoms with Crippen LogP contribution in [0.5, 0.6) is 0 Å². The summed E-state index contributed by atoms with van der Waals surface area (Å²) in [5, 5.41) is 13.7. The van der Waals surface area contributed by atoms with E-state index in [0.717, 1.165) is 4.90 Å². The van der Waals surface area contributed by atoms with Gasteiger partial charge in [0, 0.05) is 34.7 Å². The molecule has 6 nitrogen and oxygen atoms in total. The van der Waals surface area contributed by atoms with Crippen LogP contribution in [0, 0.1) is 15.5 Å². The molecule has 0 heterocycles. The molecule has 7 heteroatoms. The molecule has 142 valence electrons. The molecule has 0 atom stereocenters. The van der Waals surface area contributed by atoms with Gasteiger partial charge in [0.05, 0.1) is 10.7 Å². The lowest BCUT2D eigenvalue weighted by atomic mass is 9.92. The van der Waals surface area contributed by atoms with Crippen LogP contribution >= 0.6 is 11.8 Å². The van der Waals surface area contributed by atoms with E-state index in [-0.39, 0.29) is 28.5 Å². The van der Waals surface area contributed by atoms with Gasteiger partial charge in [0.2, 0.25) is 5.91 Å². The first-order valence-electron chi connectivity index (χ1n) is 8.44. The molecule has 0 aliphatic carbocycles. The third kappa shape index (κ3) is 6.86. The molecule has 0 spiro atoms. The number of thioether (sulfide) groups is 1. The van der Waals surface area contributed by atoms with Gasteiger partial charge in [0.15, 0.2) is 5.78 Å². The highest BCUT2D eigenvalue weighted by molar-refractivity contribution is 8.00. The molecule has 0 radical (unpaired) electrons. The number of benzene rings is 2. The molecule has 0 aliphatic rings. The van der Waals surface area contributed by atoms with E-state index in [1.165, 1.54) is 30.0 Å². The first-order chi connectivity index (χ1) is 12.6. The van der Waals surface area contributed by atoms with Crippen LogP contribution in [-0.2, 0) is 4.79 Å². The van der Waals surface area contributed by atoms with Crippen LogP contribution < -0.4 is 5.32 Å². The topological polar surface area (TPSA) is 89.3 Å². The third-order valence-electron chi connectivity index (χ3n) is 3.56. The Morgan fingerprint density at radius 2 is 1.81 bits per heavy atom. The summed E-state index contributed by atoms with van der Waals surface area (Å²) in [7, 11) is 0. The third-order valence-corrected chi connectivity index (χ3v) is 4.55. The van der Waals surface area contributed by atoms with Gasteiger partial charge in [-0.2, -0.15) is 0 Å². The first-order valence-corrected chi connectivity index (χ1v) is 9.43. The van der Waals surface area contributed by atoms with Crippen LogP contribution in [0.1, 0.15) is 37.6 Å². The van der Waals surface area contributed by atoms with Gasteiger partial charge in [0.1, 0.15) is 0 Å². The van der Waals surface area contributed by atoms with Crippen molar-refractivity contribution in [2.75, 3.05) is 11.1 Å². The van der Waals surface area contributed by atoms with Gasteiger partial charge in [-0.1, -0.05) is 39.0 Å². The molecular formula is C20H22N2O4S. The molecule has 27 heavy (non-hydrogen) atoms. The minimum absolute atomic E-state index is 0.0580. The minimum Gasteiger partial charge on any atom is -0.326 e. The standard InChI is InChI=1S/C20H22N2O4S/c1-20(2,3)12-19(24)21-15-7-5-9-17(11-15)27-13-18(23)14-6-4-8-16(10-14)22(25)26/h4-11H,12-13H2,1-3H3,(H,21,24). The fraction of sp³-hybridized carbons (Fsp3) is 0.300. The average Bonchev–Trinajstić information content (AvgIpc) is 2.58. The lowest BCUT2D eigenvalue weighted by molar-refractivity contribution is -0.384. The zero-order valence-electron chi connectivity index (χ0n) is 15.5. The van der Waals surface area contributed by atoms with Gasteiger partial charge in [0.25, 0.3) is 5.69 Å². The number of hydrogen-bond acceptors (Lipinski definition) is 5. The summed E-state index contributed by atoms with van der Waals surface area (Å²) in [6.07, 6.45) is 0.412. The molecule has 2 rings (SSSR count). The Kier molecular flexibility index (Phi) is 6.74. The molecule has 0 saturated heterocycles. The smallest absolute Gasteiger partial charge is 0.270 e. The summed E-state index contributed by atoms with van der Waals surface area (Å²) < 4.78 is 0. The summed E-state index contributed by atoms with van der Waals surface area (Å²) in [6.45, 7) is 6.00. The van der Waals surface area contributed by atoms with Crippen LogP contribution in [0.25, 0.3) is 0 Å². The first kappa shape index (κ1) is 20.6. The lowest BCUT2D eigenvalue weighted by Gasteiger charge is -2.17. The Bertz CT molecular complexity index is 859. The van der Waals surface area contributed by atoms with Crippen molar-refractivity contribution in [2.45, 2.75) is 32.1 Å². The molecule has 0 fully saturated rings. The van der Waals surface area contributed by atoms with Crippen molar-refractivity contribution in [1.82, 2.24) is 0 Å². The minimum atomic E-state index is -0.520. The zero-order valence-corrected chi connectivity index (χ0v) is 16.3. The maximum absolute atomic E-state index is 12.3. The second-order valence-corrected chi connectivity index (χ2v) is 8.38.